The summed E-state index contributed by atoms with van der Waals surface area (Å²) in [6.07, 6.45) is 4.42. The second-order valence-corrected chi connectivity index (χ2v) is 4.58. The third kappa shape index (κ3) is 2.62. The number of hydrogen-bond acceptors (Lipinski definition) is 3. The lowest BCUT2D eigenvalue weighted by atomic mass is 9.92. The number of nitrogens with zero attached hydrogens (tertiary/aromatic N) is 1. The van der Waals surface area contributed by atoms with Crippen LogP contribution in [0.1, 0.15) is 31.2 Å². The number of nitrogens with one attached hydrogen (secondary N) is 1. The third-order valence-corrected chi connectivity index (χ3v) is 3.47. The minimum absolute atomic E-state index is 0.0814. The number of halogens is 1. The Morgan fingerprint density at radius 2 is 2.17 bits per heavy atom. The first-order valence-corrected chi connectivity index (χ1v) is 6.24. The fraction of sp³-hybridized carbons (Fsp3) is 0.500. The second-order valence-electron chi connectivity index (χ2n) is 4.58. The average molecular weight is 248 g/mol. The Morgan fingerprint density at radius 1 is 1.39 bits per heavy atom. The fourth-order valence-electron chi connectivity index (χ4n) is 2.50. The van der Waals surface area contributed by atoms with Crippen molar-refractivity contribution in [3.63, 3.8) is 0 Å². The molecule has 0 radical (unpaired) electrons. The van der Waals surface area contributed by atoms with E-state index >= 15 is 0 Å². The molecule has 1 saturated carbocycles. The van der Waals surface area contributed by atoms with E-state index in [1.165, 1.54) is 6.07 Å². The van der Waals surface area contributed by atoms with Crippen LogP contribution >= 0.6 is 0 Å². The molecular formula is C14H17FN2O. The van der Waals surface area contributed by atoms with Crippen LogP contribution in [0.5, 0.6) is 0 Å². The monoisotopic (exact) mass is 248 g/mol. The first-order chi connectivity index (χ1) is 8.76. The third-order valence-electron chi connectivity index (χ3n) is 3.47. The van der Waals surface area contributed by atoms with E-state index in [2.05, 4.69) is 5.32 Å². The molecule has 1 N–H and O–H groups in total. The maximum atomic E-state index is 13.5. The Kier molecular flexibility index (Phi) is 4.16. The second kappa shape index (κ2) is 5.83. The quantitative estimate of drug-likeness (QED) is 0.894. The van der Waals surface area contributed by atoms with Crippen LogP contribution in [0, 0.1) is 17.1 Å². The molecule has 0 aromatic heterocycles. The summed E-state index contributed by atoms with van der Waals surface area (Å²) < 4.78 is 18.9. The summed E-state index contributed by atoms with van der Waals surface area (Å²) in [5, 5.41) is 12.2. The van der Waals surface area contributed by atoms with Crippen molar-refractivity contribution in [2.75, 3.05) is 12.4 Å². The summed E-state index contributed by atoms with van der Waals surface area (Å²) in [6, 6.07) is 6.72. The van der Waals surface area contributed by atoms with Gasteiger partial charge in [0.15, 0.2) is 0 Å². The minimum Gasteiger partial charge on any atom is -0.379 e. The summed E-state index contributed by atoms with van der Waals surface area (Å²) in [5.41, 5.74) is 0.643. The van der Waals surface area contributed by atoms with Crippen LogP contribution in [0.25, 0.3) is 0 Å². The van der Waals surface area contributed by atoms with Gasteiger partial charge in [0.05, 0.1) is 17.8 Å². The summed E-state index contributed by atoms with van der Waals surface area (Å²) >= 11 is 0. The Bertz CT molecular complexity index is 456. The predicted octanol–water partition coefficient (Wildman–Crippen LogP) is 3.07. The van der Waals surface area contributed by atoms with Gasteiger partial charge < -0.3 is 10.1 Å². The van der Waals surface area contributed by atoms with Gasteiger partial charge in [0.1, 0.15) is 17.4 Å². The van der Waals surface area contributed by atoms with E-state index in [1.54, 1.807) is 19.2 Å². The average Bonchev–Trinajstić information content (AvgIpc) is 2.40. The first-order valence-electron chi connectivity index (χ1n) is 6.24. The molecule has 3 nitrogen and oxygen atoms in total. The Morgan fingerprint density at radius 3 is 2.89 bits per heavy atom. The number of ether oxygens (including phenoxy) is 1. The van der Waals surface area contributed by atoms with E-state index in [1.807, 2.05) is 6.07 Å². The van der Waals surface area contributed by atoms with Crippen LogP contribution in [0.2, 0.25) is 0 Å². The lowest BCUT2D eigenvalue weighted by Crippen LogP contribution is -2.38. The van der Waals surface area contributed by atoms with Gasteiger partial charge in [-0.3, -0.25) is 0 Å². The first kappa shape index (κ1) is 12.8. The molecule has 2 unspecified atom stereocenters. The number of rotatable bonds is 3. The molecule has 96 valence electrons. The van der Waals surface area contributed by atoms with Crippen molar-refractivity contribution >= 4 is 5.69 Å². The van der Waals surface area contributed by atoms with Gasteiger partial charge in [-0.25, -0.2) is 4.39 Å². The van der Waals surface area contributed by atoms with E-state index in [-0.39, 0.29) is 17.7 Å². The van der Waals surface area contributed by atoms with Gasteiger partial charge in [-0.05, 0) is 25.0 Å². The molecule has 0 bridgehead atoms. The van der Waals surface area contributed by atoms with E-state index in [4.69, 9.17) is 10.00 Å². The Labute approximate surface area is 107 Å². The topological polar surface area (TPSA) is 45.0 Å². The number of nitriles is 1. The minimum atomic E-state index is -0.479. The highest BCUT2D eigenvalue weighted by atomic mass is 19.1. The Hall–Kier alpha value is -1.60. The molecule has 18 heavy (non-hydrogen) atoms. The summed E-state index contributed by atoms with van der Waals surface area (Å²) in [6.45, 7) is 0. The standard InChI is InChI=1S/C14H17FN2O/c1-18-14-8-3-2-6-13(14)17-12-7-4-5-11(15)10(12)9-16/h4-5,7,13-14,17H,2-3,6,8H2,1H3. The molecule has 0 saturated heterocycles. The fourth-order valence-corrected chi connectivity index (χ4v) is 2.50. The molecule has 0 aliphatic heterocycles. The maximum Gasteiger partial charge on any atom is 0.143 e. The molecule has 0 spiro atoms. The van der Waals surface area contributed by atoms with Gasteiger partial charge in [-0.2, -0.15) is 5.26 Å². The zero-order chi connectivity index (χ0) is 13.0. The van der Waals surface area contributed by atoms with E-state index in [0.717, 1.165) is 25.7 Å². The highest BCUT2D eigenvalue weighted by Gasteiger charge is 2.25. The molecule has 1 aliphatic carbocycles. The molecular weight excluding hydrogens is 231 g/mol. The highest BCUT2D eigenvalue weighted by Crippen LogP contribution is 2.26. The lowest BCUT2D eigenvalue weighted by molar-refractivity contribution is 0.0606. The van der Waals surface area contributed by atoms with Gasteiger partial charge in [0.25, 0.3) is 0 Å². The number of benzene rings is 1. The summed E-state index contributed by atoms with van der Waals surface area (Å²) in [4.78, 5) is 0. The van der Waals surface area contributed by atoms with Crippen LogP contribution in [0.15, 0.2) is 18.2 Å². The summed E-state index contributed by atoms with van der Waals surface area (Å²) in [7, 11) is 1.70. The van der Waals surface area contributed by atoms with E-state index in [0.29, 0.717) is 5.69 Å². The number of hydrogen-bond donors (Lipinski definition) is 1. The van der Waals surface area contributed by atoms with Gasteiger partial charge in [0.2, 0.25) is 0 Å². The molecule has 0 heterocycles. The molecule has 2 rings (SSSR count). The molecule has 1 aliphatic rings. The van der Waals surface area contributed by atoms with Crippen LogP contribution in [-0.4, -0.2) is 19.3 Å². The molecule has 2 atom stereocenters. The largest absolute Gasteiger partial charge is 0.379 e. The number of anilines is 1. The maximum absolute atomic E-state index is 13.5. The zero-order valence-electron chi connectivity index (χ0n) is 10.4. The Balaban J connectivity index is 2.18. The molecule has 1 aromatic rings. The SMILES string of the molecule is COC1CCCCC1Nc1cccc(F)c1C#N. The van der Waals surface area contributed by atoms with Crippen molar-refractivity contribution in [2.24, 2.45) is 0 Å². The van der Waals surface area contributed by atoms with Gasteiger partial charge in [-0.15, -0.1) is 0 Å². The number of methoxy groups -OCH3 is 1. The van der Waals surface area contributed by atoms with Crippen molar-refractivity contribution < 1.29 is 9.13 Å². The molecule has 0 amide bonds. The van der Waals surface area contributed by atoms with Crippen molar-refractivity contribution in [3.8, 4) is 6.07 Å². The normalized spacial score (nSPS) is 23.4. The van der Waals surface area contributed by atoms with Crippen LogP contribution in [-0.2, 0) is 4.74 Å². The van der Waals surface area contributed by atoms with E-state index < -0.39 is 5.82 Å². The molecule has 4 heteroatoms. The van der Waals surface area contributed by atoms with Crippen molar-refractivity contribution in [1.29, 1.82) is 5.26 Å². The summed E-state index contributed by atoms with van der Waals surface area (Å²) in [5.74, 6) is -0.479. The van der Waals surface area contributed by atoms with Crippen molar-refractivity contribution in [2.45, 2.75) is 37.8 Å². The van der Waals surface area contributed by atoms with Gasteiger partial charge in [-0.1, -0.05) is 18.9 Å². The molecule has 1 aromatic carbocycles. The smallest absolute Gasteiger partial charge is 0.143 e. The van der Waals surface area contributed by atoms with Crippen LogP contribution in [0.3, 0.4) is 0 Å². The highest BCUT2D eigenvalue weighted by molar-refractivity contribution is 5.58. The predicted molar refractivity (Wildman–Crippen MR) is 67.8 cm³/mol. The van der Waals surface area contributed by atoms with Gasteiger partial charge in [0, 0.05) is 7.11 Å². The lowest BCUT2D eigenvalue weighted by Gasteiger charge is -2.32. The van der Waals surface area contributed by atoms with Crippen LogP contribution in [0.4, 0.5) is 10.1 Å². The van der Waals surface area contributed by atoms with Crippen LogP contribution < -0.4 is 5.32 Å². The van der Waals surface area contributed by atoms with Crippen molar-refractivity contribution in [3.05, 3.63) is 29.6 Å². The van der Waals surface area contributed by atoms with Gasteiger partial charge >= 0.3 is 0 Å². The zero-order valence-corrected chi connectivity index (χ0v) is 10.4. The van der Waals surface area contributed by atoms with E-state index in [9.17, 15) is 4.39 Å². The molecule has 1 fully saturated rings. The van der Waals surface area contributed by atoms with Crippen molar-refractivity contribution in [1.82, 2.24) is 0 Å².